The lowest BCUT2D eigenvalue weighted by atomic mass is 9.74. The molecule has 0 unspecified atom stereocenters. The number of nitrogens with one attached hydrogen (secondary N) is 2. The largest absolute Gasteiger partial charge is 0.497 e. The molecule has 1 spiro atoms. The average Bonchev–Trinajstić information content (AvgIpc) is 3.48. The Bertz CT molecular complexity index is 1060. The second-order valence-electron chi connectivity index (χ2n) is 10.6. The first kappa shape index (κ1) is 23.9. The van der Waals surface area contributed by atoms with Crippen LogP contribution in [0.4, 0.5) is 5.69 Å². The molecule has 0 radical (unpaired) electrons. The van der Waals surface area contributed by atoms with Gasteiger partial charge in [0.2, 0.25) is 17.7 Å². The molecule has 1 aromatic rings. The van der Waals surface area contributed by atoms with Gasteiger partial charge >= 0.3 is 0 Å². The van der Waals surface area contributed by atoms with Gasteiger partial charge in [-0.2, -0.15) is 0 Å². The van der Waals surface area contributed by atoms with E-state index >= 15 is 0 Å². The van der Waals surface area contributed by atoms with Crippen LogP contribution in [0.25, 0.3) is 0 Å². The van der Waals surface area contributed by atoms with Crippen LogP contribution >= 0.6 is 0 Å². The van der Waals surface area contributed by atoms with Gasteiger partial charge in [0.05, 0.1) is 25.0 Å². The van der Waals surface area contributed by atoms with E-state index in [4.69, 9.17) is 9.47 Å². The van der Waals surface area contributed by atoms with Crippen LogP contribution in [0.15, 0.2) is 36.4 Å². The van der Waals surface area contributed by atoms with Crippen LogP contribution in [-0.2, 0) is 19.1 Å². The Hall–Kier alpha value is -2.87. The number of ether oxygens (including phenoxy) is 2. The van der Waals surface area contributed by atoms with Crippen molar-refractivity contribution in [3.63, 3.8) is 0 Å². The number of amides is 3. The molecule has 8 heteroatoms. The van der Waals surface area contributed by atoms with Crippen molar-refractivity contribution in [2.24, 2.45) is 17.8 Å². The van der Waals surface area contributed by atoms with Gasteiger partial charge < -0.3 is 25.0 Å². The number of carbonyl (C=O) groups excluding carboxylic acids is 3. The standard InChI is InChI=1S/C27H35N3O5/c1-15(2)30-23(25(32)29-19-11-6-5-8-16(19)3)27-13-12-20(35-27)21(22(27)26(30)33)24(31)28-17-9-7-10-18(14-17)34-4/h7,9-10,12-16,19-23H,5-6,8,11H2,1-4H3,(H,28,31)(H,29,32)/t16-,19+,20-,21+,22-,23-,27-/m1/s1. The Morgan fingerprint density at radius 2 is 1.97 bits per heavy atom. The van der Waals surface area contributed by atoms with Crippen molar-refractivity contribution >= 4 is 23.4 Å². The van der Waals surface area contributed by atoms with Crippen molar-refractivity contribution in [2.75, 3.05) is 12.4 Å². The highest BCUT2D eigenvalue weighted by Crippen LogP contribution is 2.55. The van der Waals surface area contributed by atoms with Gasteiger partial charge in [0.25, 0.3) is 0 Å². The van der Waals surface area contributed by atoms with E-state index < -0.39 is 29.6 Å². The highest BCUT2D eigenvalue weighted by Gasteiger charge is 2.73. The monoisotopic (exact) mass is 481 g/mol. The van der Waals surface area contributed by atoms with Gasteiger partial charge in [-0.25, -0.2) is 0 Å². The molecule has 5 rings (SSSR count). The van der Waals surface area contributed by atoms with E-state index in [2.05, 4.69) is 17.6 Å². The molecule has 188 valence electrons. The van der Waals surface area contributed by atoms with E-state index in [0.29, 0.717) is 17.4 Å². The summed E-state index contributed by atoms with van der Waals surface area (Å²) in [5.74, 6) is -1.12. The van der Waals surface area contributed by atoms with Crippen LogP contribution in [0.2, 0.25) is 0 Å². The third-order valence-electron chi connectivity index (χ3n) is 8.20. The van der Waals surface area contributed by atoms with Crippen LogP contribution < -0.4 is 15.4 Å². The Kier molecular flexibility index (Phi) is 6.11. The number of carbonyl (C=O) groups is 3. The SMILES string of the molecule is COc1cccc(NC(=O)[C@H]2[C@H]3C=C[C@@]4(O3)[C@H]2C(=O)N(C(C)C)[C@@H]4C(=O)N[C@H]2CCCC[C@H]2C)c1. The first-order valence-corrected chi connectivity index (χ1v) is 12.7. The number of hydrogen-bond donors (Lipinski definition) is 2. The molecule has 35 heavy (non-hydrogen) atoms. The topological polar surface area (TPSA) is 97.0 Å². The summed E-state index contributed by atoms with van der Waals surface area (Å²) >= 11 is 0. The molecule has 1 aromatic carbocycles. The Morgan fingerprint density at radius 1 is 1.20 bits per heavy atom. The van der Waals surface area contributed by atoms with E-state index in [-0.39, 0.29) is 29.8 Å². The number of hydrogen-bond acceptors (Lipinski definition) is 5. The summed E-state index contributed by atoms with van der Waals surface area (Å²) in [6, 6.07) is 6.18. The molecule has 1 saturated carbocycles. The van der Waals surface area contributed by atoms with E-state index in [1.807, 2.05) is 26.0 Å². The van der Waals surface area contributed by atoms with Crippen LogP contribution in [0.3, 0.4) is 0 Å². The van der Waals surface area contributed by atoms with Gasteiger partial charge in [0.1, 0.15) is 17.4 Å². The quantitative estimate of drug-likeness (QED) is 0.609. The molecule has 3 fully saturated rings. The number of rotatable bonds is 6. The lowest BCUT2D eigenvalue weighted by molar-refractivity contribution is -0.143. The summed E-state index contributed by atoms with van der Waals surface area (Å²) < 4.78 is 11.6. The zero-order chi connectivity index (χ0) is 24.9. The molecule has 2 saturated heterocycles. The van der Waals surface area contributed by atoms with Crippen molar-refractivity contribution < 1.29 is 23.9 Å². The van der Waals surface area contributed by atoms with Crippen molar-refractivity contribution in [2.45, 2.75) is 76.3 Å². The van der Waals surface area contributed by atoms with Gasteiger partial charge in [-0.3, -0.25) is 14.4 Å². The third kappa shape index (κ3) is 3.82. The number of methoxy groups -OCH3 is 1. The fourth-order valence-electron chi connectivity index (χ4n) is 6.48. The normalized spacial score (nSPS) is 35.3. The van der Waals surface area contributed by atoms with Crippen molar-refractivity contribution in [3.05, 3.63) is 36.4 Å². The minimum atomic E-state index is -1.13. The lowest BCUT2D eigenvalue weighted by Crippen LogP contribution is -2.58. The average molecular weight is 482 g/mol. The molecule has 2 bridgehead atoms. The number of likely N-dealkylation sites (tertiary alicyclic amines) is 1. The van der Waals surface area contributed by atoms with Crippen molar-refractivity contribution in [3.8, 4) is 5.75 Å². The third-order valence-corrected chi connectivity index (χ3v) is 8.20. The predicted octanol–water partition coefficient (Wildman–Crippen LogP) is 2.89. The Labute approximate surface area is 206 Å². The van der Waals surface area contributed by atoms with Crippen LogP contribution in [-0.4, -0.2) is 59.6 Å². The van der Waals surface area contributed by atoms with Crippen molar-refractivity contribution in [1.29, 1.82) is 0 Å². The fraction of sp³-hybridized carbons (Fsp3) is 0.593. The molecule has 7 atom stereocenters. The zero-order valence-corrected chi connectivity index (χ0v) is 20.8. The second kappa shape index (κ2) is 8.97. The van der Waals surface area contributed by atoms with E-state index in [1.165, 1.54) is 6.42 Å². The first-order chi connectivity index (χ1) is 16.8. The van der Waals surface area contributed by atoms with Gasteiger partial charge in [0.15, 0.2) is 0 Å². The second-order valence-corrected chi connectivity index (χ2v) is 10.6. The summed E-state index contributed by atoms with van der Waals surface area (Å²) in [6.45, 7) is 5.98. The molecular weight excluding hydrogens is 446 g/mol. The lowest BCUT2D eigenvalue weighted by Gasteiger charge is -2.37. The van der Waals surface area contributed by atoms with Crippen molar-refractivity contribution in [1.82, 2.24) is 10.2 Å². The maximum Gasteiger partial charge on any atom is 0.246 e. The van der Waals surface area contributed by atoms with Gasteiger partial charge in [-0.15, -0.1) is 0 Å². The van der Waals surface area contributed by atoms with E-state index in [0.717, 1.165) is 19.3 Å². The molecule has 2 N–H and O–H groups in total. The Morgan fingerprint density at radius 3 is 2.69 bits per heavy atom. The number of fused-ring (bicyclic) bond motifs is 1. The summed E-state index contributed by atoms with van der Waals surface area (Å²) in [5, 5.41) is 6.17. The maximum absolute atomic E-state index is 13.8. The number of benzene rings is 1. The summed E-state index contributed by atoms with van der Waals surface area (Å²) in [7, 11) is 1.57. The Balaban J connectivity index is 1.43. The highest BCUT2D eigenvalue weighted by atomic mass is 16.5. The number of nitrogens with zero attached hydrogens (tertiary/aromatic N) is 1. The van der Waals surface area contributed by atoms with E-state index in [1.54, 1.807) is 36.3 Å². The van der Waals surface area contributed by atoms with E-state index in [9.17, 15) is 14.4 Å². The molecule has 1 aliphatic carbocycles. The molecule has 3 heterocycles. The minimum absolute atomic E-state index is 0.0885. The molecule has 8 nitrogen and oxygen atoms in total. The highest BCUT2D eigenvalue weighted by molar-refractivity contribution is 6.03. The first-order valence-electron chi connectivity index (χ1n) is 12.7. The minimum Gasteiger partial charge on any atom is -0.497 e. The fourth-order valence-corrected chi connectivity index (χ4v) is 6.48. The molecule has 3 aliphatic heterocycles. The number of anilines is 1. The summed E-state index contributed by atoms with van der Waals surface area (Å²) in [4.78, 5) is 42.6. The maximum atomic E-state index is 13.8. The summed E-state index contributed by atoms with van der Waals surface area (Å²) in [6.07, 6.45) is 7.44. The molecule has 0 aromatic heterocycles. The molecule has 3 amide bonds. The zero-order valence-electron chi connectivity index (χ0n) is 20.8. The van der Waals surface area contributed by atoms with Gasteiger partial charge in [-0.1, -0.05) is 38.0 Å². The molecule has 4 aliphatic rings. The smallest absolute Gasteiger partial charge is 0.246 e. The molecular formula is C27H35N3O5. The van der Waals surface area contributed by atoms with Crippen LogP contribution in [0.1, 0.15) is 46.5 Å². The predicted molar refractivity (Wildman–Crippen MR) is 131 cm³/mol. The van der Waals surface area contributed by atoms with Crippen LogP contribution in [0, 0.1) is 17.8 Å². The van der Waals surface area contributed by atoms with Gasteiger partial charge in [0, 0.05) is 23.8 Å². The van der Waals surface area contributed by atoms with Crippen LogP contribution in [0.5, 0.6) is 5.75 Å². The summed E-state index contributed by atoms with van der Waals surface area (Å²) in [5.41, 5.74) is -0.549. The van der Waals surface area contributed by atoms with Gasteiger partial charge in [-0.05, 0) is 44.7 Å².